The van der Waals surface area contributed by atoms with Gasteiger partial charge in [0.2, 0.25) is 5.91 Å². The Morgan fingerprint density at radius 1 is 1.50 bits per heavy atom. The summed E-state index contributed by atoms with van der Waals surface area (Å²) in [5, 5.41) is 2.79. The summed E-state index contributed by atoms with van der Waals surface area (Å²) in [5.74, 6) is -0.00697. The highest BCUT2D eigenvalue weighted by Crippen LogP contribution is 2.11. The molecule has 0 unspecified atom stereocenters. The molecule has 0 aromatic heterocycles. The molecule has 3 nitrogen and oxygen atoms in total. The van der Waals surface area contributed by atoms with Gasteiger partial charge in [-0.3, -0.25) is 4.79 Å². The summed E-state index contributed by atoms with van der Waals surface area (Å²) < 4.78 is 1.02. The molecule has 0 saturated carbocycles. The summed E-state index contributed by atoms with van der Waals surface area (Å²) in [6.07, 6.45) is 0.383. The molecule has 0 aliphatic rings. The van der Waals surface area contributed by atoms with Gasteiger partial charge in [0.05, 0.1) is 0 Å². The molecule has 0 atom stereocenters. The van der Waals surface area contributed by atoms with Gasteiger partial charge in [-0.1, -0.05) is 28.1 Å². The second kappa shape index (κ2) is 5.78. The highest BCUT2D eigenvalue weighted by atomic mass is 79.9. The fraction of sp³-hybridized carbons (Fsp3) is 0.300. The third-order valence-corrected chi connectivity index (χ3v) is 2.24. The first-order chi connectivity index (χ1) is 6.72. The summed E-state index contributed by atoms with van der Waals surface area (Å²) >= 11 is 3.37. The topological polar surface area (TPSA) is 55.1 Å². The molecule has 1 amide bonds. The van der Waals surface area contributed by atoms with Crippen molar-refractivity contribution in [2.45, 2.75) is 13.0 Å². The first-order valence-corrected chi connectivity index (χ1v) is 5.23. The van der Waals surface area contributed by atoms with Crippen LogP contribution in [0.3, 0.4) is 0 Å². The van der Waals surface area contributed by atoms with Crippen LogP contribution in [0, 0.1) is 0 Å². The van der Waals surface area contributed by atoms with Crippen LogP contribution in [0.15, 0.2) is 28.7 Å². The third kappa shape index (κ3) is 3.89. The minimum atomic E-state index is -0.00697. The number of benzene rings is 1. The smallest absolute Gasteiger partial charge is 0.221 e. The standard InChI is InChI=1S/C10H13BrN2O/c11-9-3-1-2-8(6-9)7-13-10(14)4-5-12/h1-3,6H,4-5,7,12H2,(H,13,14). The van der Waals surface area contributed by atoms with Crippen molar-refractivity contribution in [3.8, 4) is 0 Å². The Morgan fingerprint density at radius 3 is 2.93 bits per heavy atom. The van der Waals surface area contributed by atoms with Crippen molar-refractivity contribution in [2.75, 3.05) is 6.54 Å². The van der Waals surface area contributed by atoms with E-state index in [0.29, 0.717) is 19.5 Å². The Labute approximate surface area is 91.8 Å². The van der Waals surface area contributed by atoms with Crippen molar-refractivity contribution in [3.63, 3.8) is 0 Å². The van der Waals surface area contributed by atoms with E-state index in [0.717, 1.165) is 10.0 Å². The molecule has 0 bridgehead atoms. The molecule has 76 valence electrons. The van der Waals surface area contributed by atoms with Crippen molar-refractivity contribution >= 4 is 21.8 Å². The van der Waals surface area contributed by atoms with Crippen molar-refractivity contribution in [3.05, 3.63) is 34.3 Å². The SMILES string of the molecule is NCCC(=O)NCc1cccc(Br)c1. The molecule has 14 heavy (non-hydrogen) atoms. The van der Waals surface area contributed by atoms with E-state index in [1.807, 2.05) is 24.3 Å². The van der Waals surface area contributed by atoms with Gasteiger partial charge in [0.15, 0.2) is 0 Å². The van der Waals surface area contributed by atoms with Gasteiger partial charge in [-0.2, -0.15) is 0 Å². The van der Waals surface area contributed by atoms with E-state index >= 15 is 0 Å². The van der Waals surface area contributed by atoms with Gasteiger partial charge in [-0.05, 0) is 17.7 Å². The molecule has 0 aliphatic carbocycles. The van der Waals surface area contributed by atoms with Crippen LogP contribution >= 0.6 is 15.9 Å². The summed E-state index contributed by atoms with van der Waals surface area (Å²) in [6.45, 7) is 0.947. The molecule has 1 rings (SSSR count). The van der Waals surface area contributed by atoms with Crippen molar-refractivity contribution < 1.29 is 4.79 Å². The van der Waals surface area contributed by atoms with E-state index in [4.69, 9.17) is 5.73 Å². The lowest BCUT2D eigenvalue weighted by Gasteiger charge is -2.04. The quantitative estimate of drug-likeness (QED) is 0.856. The molecular formula is C10H13BrN2O. The monoisotopic (exact) mass is 256 g/mol. The molecule has 1 aromatic rings. The lowest BCUT2D eigenvalue weighted by Crippen LogP contribution is -2.24. The average Bonchev–Trinajstić information content (AvgIpc) is 2.15. The minimum Gasteiger partial charge on any atom is -0.352 e. The molecule has 0 aliphatic heterocycles. The van der Waals surface area contributed by atoms with Crippen LogP contribution in [0.5, 0.6) is 0 Å². The number of hydrogen-bond acceptors (Lipinski definition) is 2. The van der Waals surface area contributed by atoms with Gasteiger partial charge >= 0.3 is 0 Å². The molecule has 3 N–H and O–H groups in total. The van der Waals surface area contributed by atoms with Gasteiger partial charge in [-0.15, -0.1) is 0 Å². The van der Waals surface area contributed by atoms with Gasteiger partial charge in [0.25, 0.3) is 0 Å². The van der Waals surface area contributed by atoms with Crippen LogP contribution in [-0.4, -0.2) is 12.5 Å². The minimum absolute atomic E-state index is 0.00697. The largest absolute Gasteiger partial charge is 0.352 e. The van der Waals surface area contributed by atoms with Crippen LogP contribution in [0.4, 0.5) is 0 Å². The predicted octanol–water partition coefficient (Wildman–Crippen LogP) is 1.41. The van der Waals surface area contributed by atoms with Gasteiger partial charge in [-0.25, -0.2) is 0 Å². The Hall–Kier alpha value is -0.870. The molecule has 0 radical (unpaired) electrons. The summed E-state index contributed by atoms with van der Waals surface area (Å²) in [7, 11) is 0. The van der Waals surface area contributed by atoms with Gasteiger partial charge in [0.1, 0.15) is 0 Å². The third-order valence-electron chi connectivity index (χ3n) is 1.75. The zero-order valence-electron chi connectivity index (χ0n) is 7.79. The summed E-state index contributed by atoms with van der Waals surface area (Å²) in [6, 6.07) is 7.83. The molecular weight excluding hydrogens is 244 g/mol. The normalized spacial score (nSPS) is 9.86. The Bertz CT molecular complexity index is 315. The highest BCUT2D eigenvalue weighted by Gasteiger charge is 1.99. The lowest BCUT2D eigenvalue weighted by atomic mass is 10.2. The number of rotatable bonds is 4. The fourth-order valence-corrected chi connectivity index (χ4v) is 1.51. The summed E-state index contributed by atoms with van der Waals surface area (Å²) in [5.41, 5.74) is 6.33. The number of nitrogens with one attached hydrogen (secondary N) is 1. The number of halogens is 1. The first kappa shape index (κ1) is 11.2. The maximum atomic E-state index is 11.1. The Balaban J connectivity index is 2.41. The van der Waals surface area contributed by atoms with Gasteiger partial charge in [0, 0.05) is 24.0 Å². The average molecular weight is 257 g/mol. The first-order valence-electron chi connectivity index (χ1n) is 4.43. The van der Waals surface area contributed by atoms with Crippen LogP contribution in [0.1, 0.15) is 12.0 Å². The second-order valence-corrected chi connectivity index (χ2v) is 3.86. The Kier molecular flexibility index (Phi) is 4.62. The number of hydrogen-bond donors (Lipinski definition) is 2. The van der Waals surface area contributed by atoms with E-state index in [1.54, 1.807) is 0 Å². The van der Waals surface area contributed by atoms with Gasteiger partial charge < -0.3 is 11.1 Å². The second-order valence-electron chi connectivity index (χ2n) is 2.95. The van der Waals surface area contributed by atoms with E-state index in [-0.39, 0.29) is 5.91 Å². The van der Waals surface area contributed by atoms with E-state index in [2.05, 4.69) is 21.2 Å². The molecule has 4 heteroatoms. The maximum Gasteiger partial charge on any atom is 0.221 e. The molecule has 0 fully saturated rings. The number of amides is 1. The molecule has 0 spiro atoms. The van der Waals surface area contributed by atoms with Crippen molar-refractivity contribution in [1.29, 1.82) is 0 Å². The fourth-order valence-electron chi connectivity index (χ4n) is 1.07. The van der Waals surface area contributed by atoms with E-state index < -0.39 is 0 Å². The van der Waals surface area contributed by atoms with Crippen LogP contribution in [-0.2, 0) is 11.3 Å². The molecule has 0 heterocycles. The zero-order chi connectivity index (χ0) is 10.4. The van der Waals surface area contributed by atoms with E-state index in [1.165, 1.54) is 0 Å². The summed E-state index contributed by atoms with van der Waals surface area (Å²) in [4.78, 5) is 11.1. The highest BCUT2D eigenvalue weighted by molar-refractivity contribution is 9.10. The van der Waals surface area contributed by atoms with Crippen LogP contribution < -0.4 is 11.1 Å². The lowest BCUT2D eigenvalue weighted by molar-refractivity contribution is -0.121. The van der Waals surface area contributed by atoms with Crippen LogP contribution in [0.25, 0.3) is 0 Å². The number of nitrogens with two attached hydrogens (primary N) is 1. The van der Waals surface area contributed by atoms with Crippen molar-refractivity contribution in [1.82, 2.24) is 5.32 Å². The predicted molar refractivity (Wildman–Crippen MR) is 59.7 cm³/mol. The number of carbonyl (C=O) groups is 1. The molecule has 1 aromatic carbocycles. The van der Waals surface area contributed by atoms with E-state index in [9.17, 15) is 4.79 Å². The molecule has 0 saturated heterocycles. The zero-order valence-corrected chi connectivity index (χ0v) is 9.38. The number of carbonyl (C=O) groups excluding carboxylic acids is 1. The maximum absolute atomic E-state index is 11.1. The Morgan fingerprint density at radius 2 is 2.29 bits per heavy atom. The van der Waals surface area contributed by atoms with Crippen molar-refractivity contribution in [2.24, 2.45) is 5.73 Å². The van der Waals surface area contributed by atoms with Crippen LogP contribution in [0.2, 0.25) is 0 Å².